The molecule has 0 aliphatic carbocycles. The van der Waals surface area contributed by atoms with Gasteiger partial charge >= 0.3 is 6.18 Å². The Morgan fingerprint density at radius 3 is 2.60 bits per heavy atom. The van der Waals surface area contributed by atoms with E-state index >= 15 is 0 Å². The average Bonchev–Trinajstić information content (AvgIpc) is 2.42. The average molecular weight is 283 g/mol. The number of benzene rings is 1. The minimum atomic E-state index is -4.17. The van der Waals surface area contributed by atoms with Crippen molar-refractivity contribution < 1.29 is 13.2 Å². The number of aromatic nitrogens is 1. The first-order valence-corrected chi connectivity index (χ1v) is 6.27. The first-order valence-electron chi connectivity index (χ1n) is 6.27. The van der Waals surface area contributed by atoms with Gasteiger partial charge in [0.05, 0.1) is 12.1 Å². The molecule has 1 aromatic carbocycles. The summed E-state index contributed by atoms with van der Waals surface area (Å²) < 4.78 is 37.0. The molecule has 3 nitrogen and oxygen atoms in total. The Balaban J connectivity index is 2.36. The number of alkyl halides is 3. The molecule has 0 fully saturated rings. The molecule has 2 N–H and O–H groups in total. The zero-order valence-corrected chi connectivity index (χ0v) is 11.1. The van der Waals surface area contributed by atoms with Crippen molar-refractivity contribution in [3.63, 3.8) is 0 Å². The van der Waals surface area contributed by atoms with E-state index in [0.29, 0.717) is 11.5 Å². The van der Waals surface area contributed by atoms with E-state index in [1.54, 1.807) is 7.05 Å². The van der Waals surface area contributed by atoms with Crippen LogP contribution in [0.1, 0.15) is 12.1 Å². The summed E-state index contributed by atoms with van der Waals surface area (Å²) in [5, 5.41) is 1.76. The maximum absolute atomic E-state index is 12.3. The quantitative estimate of drug-likeness (QED) is 0.937. The van der Waals surface area contributed by atoms with E-state index in [2.05, 4.69) is 4.98 Å². The topological polar surface area (TPSA) is 42.2 Å². The number of pyridine rings is 1. The van der Waals surface area contributed by atoms with Gasteiger partial charge < -0.3 is 10.6 Å². The Kier molecular flexibility index (Phi) is 4.13. The second kappa shape index (κ2) is 5.66. The molecule has 0 saturated heterocycles. The van der Waals surface area contributed by atoms with E-state index in [-0.39, 0.29) is 13.1 Å². The van der Waals surface area contributed by atoms with Crippen LogP contribution in [0.5, 0.6) is 0 Å². The van der Waals surface area contributed by atoms with Crippen LogP contribution >= 0.6 is 0 Å². The number of halogens is 3. The SMILES string of the molecule is CN(CCC(F)(F)F)c1nc(CN)cc2ccccc12. The standard InChI is InChI=1S/C14H16F3N3/c1-20(7-6-14(15,16)17)13-12-5-3-2-4-10(12)8-11(9-18)19-13/h2-5,8H,6-7,9,18H2,1H3. The van der Waals surface area contributed by atoms with Gasteiger partial charge in [0.1, 0.15) is 5.82 Å². The Labute approximate surface area is 115 Å². The first kappa shape index (κ1) is 14.6. The lowest BCUT2D eigenvalue weighted by atomic mass is 10.1. The Bertz CT molecular complexity index is 596. The highest BCUT2D eigenvalue weighted by Crippen LogP contribution is 2.27. The largest absolute Gasteiger partial charge is 0.390 e. The molecule has 0 spiro atoms. The van der Waals surface area contributed by atoms with E-state index in [0.717, 1.165) is 10.8 Å². The zero-order chi connectivity index (χ0) is 14.8. The monoisotopic (exact) mass is 283 g/mol. The molecule has 0 bridgehead atoms. The maximum atomic E-state index is 12.3. The van der Waals surface area contributed by atoms with Crippen LogP contribution in [0.15, 0.2) is 30.3 Å². The van der Waals surface area contributed by atoms with Gasteiger partial charge in [0.2, 0.25) is 0 Å². The Morgan fingerprint density at radius 2 is 1.95 bits per heavy atom. The molecule has 1 aromatic heterocycles. The summed E-state index contributed by atoms with van der Waals surface area (Å²) in [7, 11) is 1.61. The van der Waals surface area contributed by atoms with Gasteiger partial charge in [-0.15, -0.1) is 0 Å². The van der Waals surface area contributed by atoms with Gasteiger partial charge in [0.25, 0.3) is 0 Å². The molecule has 2 aromatic rings. The van der Waals surface area contributed by atoms with Crippen molar-refractivity contribution in [3.05, 3.63) is 36.0 Å². The lowest BCUT2D eigenvalue weighted by Gasteiger charge is -2.21. The molecule has 2 rings (SSSR count). The van der Waals surface area contributed by atoms with Crippen molar-refractivity contribution in [3.8, 4) is 0 Å². The fourth-order valence-corrected chi connectivity index (χ4v) is 2.03. The van der Waals surface area contributed by atoms with Gasteiger partial charge in [-0.05, 0) is 11.5 Å². The Morgan fingerprint density at radius 1 is 1.25 bits per heavy atom. The lowest BCUT2D eigenvalue weighted by molar-refractivity contribution is -0.132. The normalized spacial score (nSPS) is 11.8. The predicted octanol–water partition coefficient (Wildman–Crippen LogP) is 3.08. The summed E-state index contributed by atoms with van der Waals surface area (Å²) in [6.07, 6.45) is -5.04. The molecular weight excluding hydrogens is 267 g/mol. The van der Waals surface area contributed by atoms with Gasteiger partial charge in [-0.2, -0.15) is 13.2 Å². The molecule has 108 valence electrons. The number of fused-ring (bicyclic) bond motifs is 1. The molecule has 0 atom stereocenters. The molecule has 0 saturated carbocycles. The Hall–Kier alpha value is -1.82. The minimum absolute atomic E-state index is 0.130. The third-order valence-corrected chi connectivity index (χ3v) is 3.07. The molecule has 6 heteroatoms. The van der Waals surface area contributed by atoms with Gasteiger partial charge in [-0.25, -0.2) is 4.98 Å². The molecule has 0 aliphatic heterocycles. The van der Waals surface area contributed by atoms with Crippen LogP contribution in [0, 0.1) is 0 Å². The maximum Gasteiger partial charge on any atom is 0.390 e. The number of hydrogen-bond donors (Lipinski definition) is 1. The third kappa shape index (κ3) is 3.39. The van der Waals surface area contributed by atoms with E-state index in [1.165, 1.54) is 4.90 Å². The molecule has 0 radical (unpaired) electrons. The van der Waals surface area contributed by atoms with Gasteiger partial charge in [-0.1, -0.05) is 24.3 Å². The van der Waals surface area contributed by atoms with Crippen molar-refractivity contribution in [2.24, 2.45) is 5.73 Å². The number of nitrogens with zero attached hydrogens (tertiary/aromatic N) is 2. The summed E-state index contributed by atoms with van der Waals surface area (Å²) in [6.45, 7) is 0.124. The zero-order valence-electron chi connectivity index (χ0n) is 11.1. The van der Waals surface area contributed by atoms with Crippen LogP contribution in [0.3, 0.4) is 0 Å². The van der Waals surface area contributed by atoms with Gasteiger partial charge in [-0.3, -0.25) is 0 Å². The molecule has 0 aliphatic rings. The van der Waals surface area contributed by atoms with Gasteiger partial charge in [0.15, 0.2) is 0 Å². The highest BCUT2D eigenvalue weighted by atomic mass is 19.4. The molecular formula is C14H16F3N3. The highest BCUT2D eigenvalue weighted by molar-refractivity contribution is 5.92. The van der Waals surface area contributed by atoms with Crippen molar-refractivity contribution in [1.29, 1.82) is 0 Å². The molecule has 1 heterocycles. The second-order valence-corrected chi connectivity index (χ2v) is 4.65. The lowest BCUT2D eigenvalue weighted by Crippen LogP contribution is -2.25. The minimum Gasteiger partial charge on any atom is -0.359 e. The number of rotatable bonds is 4. The van der Waals surface area contributed by atoms with Crippen LogP contribution in [0.4, 0.5) is 19.0 Å². The predicted molar refractivity (Wildman–Crippen MR) is 73.6 cm³/mol. The van der Waals surface area contributed by atoms with Crippen LogP contribution in [-0.2, 0) is 6.54 Å². The van der Waals surface area contributed by atoms with Crippen molar-refractivity contribution in [2.75, 3.05) is 18.5 Å². The third-order valence-electron chi connectivity index (χ3n) is 3.07. The summed E-state index contributed by atoms with van der Waals surface area (Å²) in [5.74, 6) is 0.535. The summed E-state index contributed by atoms with van der Waals surface area (Å²) in [4.78, 5) is 5.88. The summed E-state index contributed by atoms with van der Waals surface area (Å²) in [5.41, 5.74) is 6.26. The van der Waals surface area contributed by atoms with E-state index in [1.807, 2.05) is 30.3 Å². The van der Waals surface area contributed by atoms with Crippen molar-refractivity contribution in [1.82, 2.24) is 4.98 Å². The van der Waals surface area contributed by atoms with E-state index < -0.39 is 12.6 Å². The molecule has 0 unspecified atom stereocenters. The first-order chi connectivity index (χ1) is 9.40. The van der Waals surface area contributed by atoms with E-state index in [9.17, 15) is 13.2 Å². The summed E-state index contributed by atoms with van der Waals surface area (Å²) in [6, 6.07) is 9.32. The fraction of sp³-hybridized carbons (Fsp3) is 0.357. The smallest absolute Gasteiger partial charge is 0.359 e. The number of hydrogen-bond acceptors (Lipinski definition) is 3. The van der Waals surface area contributed by atoms with Crippen LogP contribution in [-0.4, -0.2) is 24.8 Å². The second-order valence-electron chi connectivity index (χ2n) is 4.65. The van der Waals surface area contributed by atoms with Crippen LogP contribution < -0.4 is 10.6 Å². The van der Waals surface area contributed by atoms with Crippen LogP contribution in [0.2, 0.25) is 0 Å². The van der Waals surface area contributed by atoms with Gasteiger partial charge in [0, 0.05) is 25.5 Å². The van der Waals surface area contributed by atoms with Crippen LogP contribution in [0.25, 0.3) is 10.8 Å². The highest BCUT2D eigenvalue weighted by Gasteiger charge is 2.27. The van der Waals surface area contributed by atoms with Crippen molar-refractivity contribution in [2.45, 2.75) is 19.1 Å². The van der Waals surface area contributed by atoms with E-state index in [4.69, 9.17) is 5.73 Å². The number of nitrogens with two attached hydrogens (primary N) is 1. The number of anilines is 1. The summed E-state index contributed by atoms with van der Waals surface area (Å²) >= 11 is 0. The van der Waals surface area contributed by atoms with Crippen molar-refractivity contribution >= 4 is 16.6 Å². The molecule has 0 amide bonds. The fourth-order valence-electron chi connectivity index (χ4n) is 2.03. The molecule has 20 heavy (non-hydrogen) atoms.